The van der Waals surface area contributed by atoms with Gasteiger partial charge in [-0.1, -0.05) is 11.6 Å². The van der Waals surface area contributed by atoms with Gasteiger partial charge in [-0.15, -0.1) is 0 Å². The first-order valence-electron chi connectivity index (χ1n) is 9.05. The molecule has 5 heteroatoms. The van der Waals surface area contributed by atoms with E-state index >= 15 is 0 Å². The molecule has 1 aromatic carbocycles. The second-order valence-corrected chi connectivity index (χ2v) is 8.07. The van der Waals surface area contributed by atoms with Gasteiger partial charge in [-0.25, -0.2) is 0 Å². The summed E-state index contributed by atoms with van der Waals surface area (Å²) in [4.78, 5) is 10.0. The standard InChI is InChI=1S/C21H24ClN3O/c1-21(26,15-5-8-23-9-6-15)12-14-13-25(2)10-7-17-18-11-16(22)3-4-19(18)24-20(14)17/h3-6,8-9,11,14,24,26H,7,10,12-13H2,1-2H3. The number of likely N-dealkylation sites (N-methyl/N-ethyl adjacent to an activating group) is 1. The number of benzene rings is 1. The number of rotatable bonds is 3. The first kappa shape index (κ1) is 17.5. The largest absolute Gasteiger partial charge is 0.385 e. The maximum Gasteiger partial charge on any atom is 0.0876 e. The summed E-state index contributed by atoms with van der Waals surface area (Å²) in [5.74, 6) is 0.215. The molecule has 0 amide bonds. The number of aliphatic hydroxyl groups is 1. The average Bonchev–Trinajstić information content (AvgIpc) is 2.90. The number of pyridine rings is 1. The minimum absolute atomic E-state index is 0.215. The maximum absolute atomic E-state index is 11.2. The van der Waals surface area contributed by atoms with Gasteiger partial charge >= 0.3 is 0 Å². The Morgan fingerprint density at radius 1 is 1.31 bits per heavy atom. The van der Waals surface area contributed by atoms with E-state index in [9.17, 15) is 5.11 Å². The van der Waals surface area contributed by atoms with Gasteiger partial charge in [-0.3, -0.25) is 4.98 Å². The molecule has 4 nitrogen and oxygen atoms in total. The first-order valence-corrected chi connectivity index (χ1v) is 9.43. The Kier molecular flexibility index (Phi) is 4.51. The van der Waals surface area contributed by atoms with Gasteiger partial charge in [0, 0.05) is 53.0 Å². The second-order valence-electron chi connectivity index (χ2n) is 7.63. The number of halogens is 1. The van der Waals surface area contributed by atoms with Crippen molar-refractivity contribution in [3.05, 3.63) is 64.6 Å². The molecule has 0 spiro atoms. The highest BCUT2D eigenvalue weighted by Gasteiger charge is 2.32. The number of aromatic nitrogens is 2. The summed E-state index contributed by atoms with van der Waals surface area (Å²) in [6.07, 6.45) is 5.10. The van der Waals surface area contributed by atoms with Crippen molar-refractivity contribution < 1.29 is 5.11 Å². The molecule has 0 saturated heterocycles. The number of hydrogen-bond acceptors (Lipinski definition) is 3. The quantitative estimate of drug-likeness (QED) is 0.731. The van der Waals surface area contributed by atoms with Gasteiger partial charge in [0.1, 0.15) is 0 Å². The van der Waals surface area contributed by atoms with Crippen LogP contribution in [0.15, 0.2) is 42.7 Å². The molecule has 4 rings (SSSR count). The molecule has 136 valence electrons. The summed E-state index contributed by atoms with van der Waals surface area (Å²) in [6, 6.07) is 9.82. The molecule has 0 radical (unpaired) electrons. The molecule has 1 aliphatic rings. The molecule has 3 heterocycles. The van der Waals surface area contributed by atoms with Crippen molar-refractivity contribution in [2.75, 3.05) is 20.1 Å². The molecule has 0 fully saturated rings. The van der Waals surface area contributed by atoms with Crippen LogP contribution < -0.4 is 0 Å². The molecular formula is C21H24ClN3O. The smallest absolute Gasteiger partial charge is 0.0876 e. The van der Waals surface area contributed by atoms with Crippen LogP contribution >= 0.6 is 11.6 Å². The lowest BCUT2D eigenvalue weighted by molar-refractivity contribution is 0.0364. The molecule has 2 N–H and O–H groups in total. The highest BCUT2D eigenvalue weighted by Crippen LogP contribution is 2.38. The zero-order valence-electron chi connectivity index (χ0n) is 15.2. The van der Waals surface area contributed by atoms with Gasteiger partial charge in [-0.2, -0.15) is 0 Å². The van der Waals surface area contributed by atoms with E-state index in [2.05, 4.69) is 28.0 Å². The fourth-order valence-electron chi connectivity index (χ4n) is 4.20. The van der Waals surface area contributed by atoms with E-state index in [0.29, 0.717) is 6.42 Å². The van der Waals surface area contributed by atoms with E-state index in [-0.39, 0.29) is 5.92 Å². The van der Waals surface area contributed by atoms with Gasteiger partial charge in [-0.05, 0) is 68.3 Å². The highest BCUT2D eigenvalue weighted by molar-refractivity contribution is 6.31. The van der Waals surface area contributed by atoms with Crippen molar-refractivity contribution in [1.29, 1.82) is 0 Å². The Morgan fingerprint density at radius 2 is 2.08 bits per heavy atom. The Morgan fingerprint density at radius 3 is 2.85 bits per heavy atom. The molecule has 2 atom stereocenters. The van der Waals surface area contributed by atoms with Crippen LogP contribution in [0.2, 0.25) is 5.02 Å². The fraction of sp³-hybridized carbons (Fsp3) is 0.381. The Labute approximate surface area is 158 Å². The molecule has 0 saturated carbocycles. The number of nitrogens with one attached hydrogen (secondary N) is 1. The van der Waals surface area contributed by atoms with Crippen LogP contribution in [0.3, 0.4) is 0 Å². The summed E-state index contributed by atoms with van der Waals surface area (Å²) in [6.45, 7) is 3.81. The number of H-pyrrole nitrogens is 1. The molecule has 0 aliphatic carbocycles. The SMILES string of the molecule is CN1CCc2c([nH]c3ccc(Cl)cc23)C(CC(C)(O)c2ccncc2)C1. The lowest BCUT2D eigenvalue weighted by atomic mass is 9.84. The van der Waals surface area contributed by atoms with Gasteiger partial charge in [0.2, 0.25) is 0 Å². The number of fused-ring (bicyclic) bond motifs is 3. The van der Waals surface area contributed by atoms with Crippen molar-refractivity contribution in [2.45, 2.75) is 31.3 Å². The minimum Gasteiger partial charge on any atom is -0.385 e. The van der Waals surface area contributed by atoms with Crippen LogP contribution in [-0.2, 0) is 12.0 Å². The van der Waals surface area contributed by atoms with Crippen LogP contribution in [0.5, 0.6) is 0 Å². The molecule has 26 heavy (non-hydrogen) atoms. The summed E-state index contributed by atoms with van der Waals surface area (Å²) in [7, 11) is 2.15. The molecule has 2 unspecified atom stereocenters. The summed E-state index contributed by atoms with van der Waals surface area (Å²) in [5, 5.41) is 13.1. The molecule has 0 bridgehead atoms. The summed E-state index contributed by atoms with van der Waals surface area (Å²) in [5.41, 5.74) is 3.69. The second kappa shape index (κ2) is 6.69. The zero-order chi connectivity index (χ0) is 18.3. The van der Waals surface area contributed by atoms with Crippen molar-refractivity contribution >= 4 is 22.5 Å². The van der Waals surface area contributed by atoms with Crippen molar-refractivity contribution in [2.24, 2.45) is 0 Å². The monoisotopic (exact) mass is 369 g/mol. The predicted molar refractivity (Wildman–Crippen MR) is 106 cm³/mol. The van der Waals surface area contributed by atoms with E-state index in [4.69, 9.17) is 11.6 Å². The van der Waals surface area contributed by atoms with E-state index in [1.54, 1.807) is 12.4 Å². The number of aromatic amines is 1. The topological polar surface area (TPSA) is 52.2 Å². The lowest BCUT2D eigenvalue weighted by Gasteiger charge is -2.30. The van der Waals surface area contributed by atoms with Crippen LogP contribution in [0, 0.1) is 0 Å². The Balaban J connectivity index is 1.75. The van der Waals surface area contributed by atoms with Crippen molar-refractivity contribution in [3.8, 4) is 0 Å². The Bertz CT molecular complexity index is 920. The van der Waals surface area contributed by atoms with Gasteiger partial charge in [0.15, 0.2) is 0 Å². The third-order valence-electron chi connectivity index (χ3n) is 5.53. The summed E-state index contributed by atoms with van der Waals surface area (Å²) < 4.78 is 0. The Hall–Kier alpha value is -1.88. The average molecular weight is 370 g/mol. The maximum atomic E-state index is 11.2. The number of hydrogen-bond donors (Lipinski definition) is 2. The molecular weight excluding hydrogens is 346 g/mol. The third kappa shape index (κ3) is 3.25. The summed E-state index contributed by atoms with van der Waals surface area (Å²) >= 11 is 6.24. The fourth-order valence-corrected chi connectivity index (χ4v) is 4.37. The first-order chi connectivity index (χ1) is 12.4. The van der Waals surface area contributed by atoms with E-state index in [1.165, 1.54) is 16.6 Å². The zero-order valence-corrected chi connectivity index (χ0v) is 15.9. The van der Waals surface area contributed by atoms with Crippen LogP contribution in [0.4, 0.5) is 0 Å². The van der Waals surface area contributed by atoms with Crippen molar-refractivity contribution in [1.82, 2.24) is 14.9 Å². The highest BCUT2D eigenvalue weighted by atomic mass is 35.5. The third-order valence-corrected chi connectivity index (χ3v) is 5.77. The van der Waals surface area contributed by atoms with Gasteiger partial charge in [0.25, 0.3) is 0 Å². The van der Waals surface area contributed by atoms with E-state index in [1.807, 2.05) is 31.2 Å². The van der Waals surface area contributed by atoms with Crippen LogP contribution in [-0.4, -0.2) is 40.1 Å². The van der Waals surface area contributed by atoms with Gasteiger partial charge in [0.05, 0.1) is 5.60 Å². The van der Waals surface area contributed by atoms with Crippen LogP contribution in [0.1, 0.15) is 36.1 Å². The molecule has 2 aromatic heterocycles. The van der Waals surface area contributed by atoms with E-state index < -0.39 is 5.60 Å². The molecule has 1 aliphatic heterocycles. The molecule has 3 aromatic rings. The van der Waals surface area contributed by atoms with Crippen LogP contribution in [0.25, 0.3) is 10.9 Å². The van der Waals surface area contributed by atoms with Gasteiger partial charge < -0.3 is 15.0 Å². The minimum atomic E-state index is -0.912. The normalized spacial score (nSPS) is 20.5. The van der Waals surface area contributed by atoms with E-state index in [0.717, 1.165) is 35.6 Å². The lowest BCUT2D eigenvalue weighted by Crippen LogP contribution is -2.30. The predicted octanol–water partition coefficient (Wildman–Crippen LogP) is 4.09. The number of nitrogens with zero attached hydrogens (tertiary/aromatic N) is 2. The van der Waals surface area contributed by atoms with Crippen molar-refractivity contribution in [3.63, 3.8) is 0 Å².